The lowest BCUT2D eigenvalue weighted by molar-refractivity contribution is -0.0188. The van der Waals surface area contributed by atoms with Crippen molar-refractivity contribution in [3.05, 3.63) is 34.6 Å². The minimum absolute atomic E-state index is 0.0930. The molecule has 1 unspecified atom stereocenters. The number of alkyl halides is 2. The molecule has 18 heavy (non-hydrogen) atoms. The summed E-state index contributed by atoms with van der Waals surface area (Å²) in [5.41, 5.74) is 0.456. The molecule has 100 valence electrons. The van der Waals surface area contributed by atoms with E-state index in [0.29, 0.717) is 0 Å². The van der Waals surface area contributed by atoms with Crippen molar-refractivity contribution in [2.45, 2.75) is 25.3 Å². The third kappa shape index (κ3) is 2.36. The molecule has 0 aliphatic heterocycles. The fourth-order valence-electron chi connectivity index (χ4n) is 2.26. The Morgan fingerprint density at radius 2 is 2.06 bits per heavy atom. The lowest BCUT2D eigenvalue weighted by Gasteiger charge is -2.20. The Labute approximate surface area is 102 Å². The van der Waals surface area contributed by atoms with Crippen LogP contribution in [0.5, 0.6) is 0 Å². The number of fused-ring (bicyclic) bond motifs is 1. The Morgan fingerprint density at radius 3 is 2.61 bits per heavy atom. The molecule has 0 radical (unpaired) electrons. The number of nitrogens with two attached hydrogens (primary N) is 1. The van der Waals surface area contributed by atoms with Crippen LogP contribution in [0.2, 0.25) is 0 Å². The van der Waals surface area contributed by atoms with Crippen molar-refractivity contribution in [3.63, 3.8) is 0 Å². The Morgan fingerprint density at radius 1 is 1.44 bits per heavy atom. The fourth-order valence-corrected chi connectivity index (χ4v) is 2.88. The summed E-state index contributed by atoms with van der Waals surface area (Å²) in [6, 6.07) is 0.321. The van der Waals surface area contributed by atoms with Crippen LogP contribution < -0.4 is 9.86 Å². The molecule has 1 aliphatic carbocycles. The van der Waals surface area contributed by atoms with Gasteiger partial charge in [0.1, 0.15) is 11.9 Å². The van der Waals surface area contributed by atoms with Crippen molar-refractivity contribution in [2.75, 3.05) is 0 Å². The van der Waals surface area contributed by atoms with Gasteiger partial charge in [0.05, 0.1) is 0 Å². The van der Waals surface area contributed by atoms with Crippen LogP contribution in [0, 0.1) is 12.7 Å². The van der Waals surface area contributed by atoms with Gasteiger partial charge in [0.15, 0.2) is 0 Å². The second kappa shape index (κ2) is 3.94. The molecule has 4 nitrogen and oxygen atoms in total. The summed E-state index contributed by atoms with van der Waals surface area (Å²) in [6.07, 6.45) is -0.714. The third-order valence-electron chi connectivity index (χ3n) is 2.86. The molecule has 0 aromatic heterocycles. The molecule has 1 aromatic carbocycles. The van der Waals surface area contributed by atoms with E-state index in [1.165, 1.54) is 6.92 Å². The number of rotatable bonds is 2. The predicted molar refractivity (Wildman–Crippen MR) is 58.8 cm³/mol. The SMILES string of the molecule is Cc1cc(F)cc2c1C(NS(N)(=O)=O)C(F)(F)C2. The highest BCUT2D eigenvalue weighted by molar-refractivity contribution is 7.87. The molecular weight excluding hydrogens is 269 g/mol. The number of nitrogens with one attached hydrogen (secondary N) is 1. The van der Waals surface area contributed by atoms with Gasteiger partial charge in [-0.3, -0.25) is 0 Å². The molecule has 1 aromatic rings. The Kier molecular flexibility index (Phi) is 2.91. The number of halogens is 3. The normalized spacial score (nSPS) is 21.9. The van der Waals surface area contributed by atoms with E-state index in [4.69, 9.17) is 5.14 Å². The zero-order chi connectivity index (χ0) is 13.7. The molecule has 0 bridgehead atoms. The largest absolute Gasteiger partial charge is 0.275 e. The maximum atomic E-state index is 13.7. The van der Waals surface area contributed by atoms with Crippen LogP contribution in [0.3, 0.4) is 0 Å². The standard InChI is InChI=1S/C10H11F3N2O2S/c1-5-2-7(11)3-6-4-10(12,13)9(8(5)6)15-18(14,16)17/h2-3,9,15H,4H2,1H3,(H2,14,16,17). The van der Waals surface area contributed by atoms with Gasteiger partial charge in [-0.25, -0.2) is 18.3 Å². The Balaban J connectivity index is 2.55. The summed E-state index contributed by atoms with van der Waals surface area (Å²) >= 11 is 0. The molecule has 3 N–H and O–H groups in total. The van der Waals surface area contributed by atoms with E-state index < -0.39 is 34.4 Å². The summed E-state index contributed by atoms with van der Waals surface area (Å²) in [7, 11) is -4.27. The lowest BCUT2D eigenvalue weighted by Crippen LogP contribution is -2.41. The van der Waals surface area contributed by atoms with Gasteiger partial charge in [-0.15, -0.1) is 0 Å². The van der Waals surface area contributed by atoms with E-state index in [2.05, 4.69) is 0 Å². The van der Waals surface area contributed by atoms with Crippen LogP contribution in [-0.4, -0.2) is 14.3 Å². The van der Waals surface area contributed by atoms with Crippen LogP contribution in [0.1, 0.15) is 22.7 Å². The zero-order valence-corrected chi connectivity index (χ0v) is 10.2. The van der Waals surface area contributed by atoms with E-state index >= 15 is 0 Å². The van der Waals surface area contributed by atoms with Crippen molar-refractivity contribution < 1.29 is 21.6 Å². The van der Waals surface area contributed by atoms with Crippen LogP contribution in [0.4, 0.5) is 13.2 Å². The van der Waals surface area contributed by atoms with Gasteiger partial charge in [0.25, 0.3) is 16.1 Å². The molecule has 0 amide bonds. The Hall–Kier alpha value is -1.12. The van der Waals surface area contributed by atoms with Gasteiger partial charge in [0.2, 0.25) is 0 Å². The maximum Gasteiger partial charge on any atom is 0.275 e. The highest BCUT2D eigenvalue weighted by atomic mass is 32.2. The van der Waals surface area contributed by atoms with Gasteiger partial charge >= 0.3 is 0 Å². The van der Waals surface area contributed by atoms with E-state index in [1.54, 1.807) is 4.72 Å². The third-order valence-corrected chi connectivity index (χ3v) is 3.42. The maximum absolute atomic E-state index is 13.7. The summed E-state index contributed by atoms with van der Waals surface area (Å²) in [4.78, 5) is 0. The molecule has 1 aliphatic rings. The second-order valence-electron chi connectivity index (χ2n) is 4.33. The highest BCUT2D eigenvalue weighted by Crippen LogP contribution is 2.45. The fraction of sp³-hybridized carbons (Fsp3) is 0.400. The molecule has 1 atom stereocenters. The monoisotopic (exact) mass is 280 g/mol. The average Bonchev–Trinajstić information content (AvgIpc) is 2.34. The lowest BCUT2D eigenvalue weighted by atomic mass is 10.0. The number of aryl methyl sites for hydroxylation is 1. The number of hydrogen-bond donors (Lipinski definition) is 2. The molecule has 0 fully saturated rings. The summed E-state index contributed by atoms with van der Waals surface area (Å²) in [5.74, 6) is -3.95. The summed E-state index contributed by atoms with van der Waals surface area (Å²) in [5, 5.41) is 4.73. The van der Waals surface area contributed by atoms with Crippen molar-refractivity contribution in [1.29, 1.82) is 0 Å². The van der Waals surface area contributed by atoms with E-state index in [9.17, 15) is 21.6 Å². The zero-order valence-electron chi connectivity index (χ0n) is 9.38. The average molecular weight is 280 g/mol. The first kappa shape index (κ1) is 13.3. The molecule has 0 saturated carbocycles. The second-order valence-corrected chi connectivity index (χ2v) is 5.65. The van der Waals surface area contributed by atoms with Crippen molar-refractivity contribution >= 4 is 10.2 Å². The molecular formula is C10H11F3N2O2S. The van der Waals surface area contributed by atoms with Crippen LogP contribution in [-0.2, 0) is 16.6 Å². The first-order valence-electron chi connectivity index (χ1n) is 5.07. The molecule has 2 rings (SSSR count). The quantitative estimate of drug-likeness (QED) is 0.853. The van der Waals surface area contributed by atoms with Crippen molar-refractivity contribution in [3.8, 4) is 0 Å². The van der Waals surface area contributed by atoms with Gasteiger partial charge < -0.3 is 0 Å². The van der Waals surface area contributed by atoms with E-state index in [1.807, 2.05) is 0 Å². The molecule has 8 heteroatoms. The number of hydrogen-bond acceptors (Lipinski definition) is 2. The molecule has 0 spiro atoms. The first-order valence-corrected chi connectivity index (χ1v) is 6.61. The minimum Gasteiger partial charge on any atom is -0.216 e. The molecule has 0 saturated heterocycles. The van der Waals surface area contributed by atoms with Crippen LogP contribution in [0.15, 0.2) is 12.1 Å². The number of benzene rings is 1. The molecule has 0 heterocycles. The van der Waals surface area contributed by atoms with E-state index in [0.717, 1.165) is 12.1 Å². The summed E-state index contributed by atoms with van der Waals surface area (Å²) in [6.45, 7) is 1.45. The smallest absolute Gasteiger partial charge is 0.216 e. The van der Waals surface area contributed by atoms with Crippen LogP contribution >= 0.6 is 0 Å². The van der Waals surface area contributed by atoms with Gasteiger partial charge in [0, 0.05) is 6.42 Å². The highest BCUT2D eigenvalue weighted by Gasteiger charge is 2.49. The van der Waals surface area contributed by atoms with Crippen LogP contribution in [0.25, 0.3) is 0 Å². The van der Waals surface area contributed by atoms with Gasteiger partial charge in [-0.1, -0.05) is 0 Å². The van der Waals surface area contributed by atoms with Crippen molar-refractivity contribution in [1.82, 2.24) is 4.72 Å². The predicted octanol–water partition coefficient (Wildman–Crippen LogP) is 1.16. The summed E-state index contributed by atoms with van der Waals surface area (Å²) < 4.78 is 64.2. The Bertz CT molecular complexity index is 601. The van der Waals surface area contributed by atoms with Gasteiger partial charge in [-0.2, -0.15) is 13.1 Å². The minimum atomic E-state index is -4.27. The first-order chi connectivity index (χ1) is 8.10. The topological polar surface area (TPSA) is 72.2 Å². The van der Waals surface area contributed by atoms with Crippen molar-refractivity contribution in [2.24, 2.45) is 5.14 Å². The van der Waals surface area contributed by atoms with E-state index in [-0.39, 0.29) is 16.7 Å². The van der Waals surface area contributed by atoms with Gasteiger partial charge in [-0.05, 0) is 35.7 Å².